The lowest BCUT2D eigenvalue weighted by atomic mass is 9.73. The first-order valence-corrected chi connectivity index (χ1v) is 13.3. The maximum atomic E-state index is 12.7. The molecule has 4 atom stereocenters. The zero-order chi connectivity index (χ0) is 26.2. The van der Waals surface area contributed by atoms with E-state index in [1.165, 1.54) is 24.8 Å². The van der Waals surface area contributed by atoms with Crippen LogP contribution in [-0.4, -0.2) is 46.8 Å². The van der Waals surface area contributed by atoms with Crippen LogP contribution in [0.15, 0.2) is 30.5 Å². The average molecular weight is 515 g/mol. The van der Waals surface area contributed by atoms with Gasteiger partial charge in [-0.1, -0.05) is 51.8 Å². The summed E-state index contributed by atoms with van der Waals surface area (Å²) < 4.78 is 12.3. The highest BCUT2D eigenvalue weighted by atomic mass is 35.5. The first-order valence-electron chi connectivity index (χ1n) is 13.0. The molecule has 1 saturated heterocycles. The van der Waals surface area contributed by atoms with Gasteiger partial charge < -0.3 is 14.6 Å². The predicted molar refractivity (Wildman–Crippen MR) is 142 cm³/mol. The average Bonchev–Trinajstić information content (AvgIpc) is 3.13. The number of ether oxygens (including phenoxy) is 2. The van der Waals surface area contributed by atoms with Gasteiger partial charge in [0.2, 0.25) is 5.88 Å². The molecule has 1 saturated carbocycles. The summed E-state index contributed by atoms with van der Waals surface area (Å²) in [6.07, 6.45) is 5.18. The summed E-state index contributed by atoms with van der Waals surface area (Å²) in [4.78, 5) is 19.3. The molecule has 6 nitrogen and oxygen atoms in total. The maximum absolute atomic E-state index is 12.7. The van der Waals surface area contributed by atoms with Crippen LogP contribution in [0.2, 0.25) is 5.02 Å². The van der Waals surface area contributed by atoms with Crippen LogP contribution in [0.4, 0.5) is 0 Å². The molecule has 1 aliphatic carbocycles. The fraction of sp³-hybridized carbons (Fsp3) is 0.586. The molecular formula is C29H39ClN2O4. The topological polar surface area (TPSA) is 71.9 Å². The van der Waals surface area contributed by atoms with Crippen LogP contribution in [0.5, 0.6) is 5.88 Å². The van der Waals surface area contributed by atoms with Gasteiger partial charge in [-0.15, -0.1) is 0 Å². The van der Waals surface area contributed by atoms with Gasteiger partial charge in [0.05, 0.1) is 25.9 Å². The molecule has 196 valence electrons. The Bertz CT molecular complexity index is 1100. The van der Waals surface area contributed by atoms with Gasteiger partial charge in [-0.3, -0.25) is 9.69 Å². The molecule has 1 aliphatic heterocycles. The Morgan fingerprint density at radius 3 is 2.53 bits per heavy atom. The van der Waals surface area contributed by atoms with E-state index in [0.717, 1.165) is 16.7 Å². The van der Waals surface area contributed by atoms with Crippen molar-refractivity contribution in [3.63, 3.8) is 0 Å². The van der Waals surface area contributed by atoms with E-state index in [2.05, 4.69) is 36.7 Å². The number of nitrogens with zero attached hydrogens (tertiary/aromatic N) is 2. The number of hydrogen-bond acceptors (Lipinski definition) is 5. The highest BCUT2D eigenvalue weighted by molar-refractivity contribution is 6.30. The van der Waals surface area contributed by atoms with Crippen molar-refractivity contribution in [3.05, 3.63) is 57.7 Å². The third kappa shape index (κ3) is 5.13. The fourth-order valence-corrected chi connectivity index (χ4v) is 6.21. The van der Waals surface area contributed by atoms with E-state index in [-0.39, 0.29) is 23.5 Å². The third-order valence-corrected chi connectivity index (χ3v) is 8.28. The minimum absolute atomic E-state index is 0.243. The summed E-state index contributed by atoms with van der Waals surface area (Å²) >= 11 is 6.44. The molecule has 4 rings (SSSR count). The molecule has 36 heavy (non-hydrogen) atoms. The number of aromatic nitrogens is 1. The predicted octanol–water partition coefficient (Wildman–Crippen LogP) is 6.40. The number of hydrogen-bond donors (Lipinski definition) is 1. The molecule has 2 heterocycles. The summed E-state index contributed by atoms with van der Waals surface area (Å²) in [5.74, 6) is 0.0386. The van der Waals surface area contributed by atoms with Crippen molar-refractivity contribution < 1.29 is 19.4 Å². The molecule has 0 radical (unpaired) electrons. The Morgan fingerprint density at radius 2 is 1.97 bits per heavy atom. The van der Waals surface area contributed by atoms with Crippen LogP contribution in [0, 0.1) is 18.3 Å². The van der Waals surface area contributed by atoms with Gasteiger partial charge in [0, 0.05) is 22.7 Å². The van der Waals surface area contributed by atoms with Crippen molar-refractivity contribution in [2.75, 3.05) is 13.7 Å². The monoisotopic (exact) mass is 514 g/mol. The Morgan fingerprint density at radius 1 is 1.25 bits per heavy atom. The van der Waals surface area contributed by atoms with Crippen LogP contribution < -0.4 is 4.74 Å². The van der Waals surface area contributed by atoms with Crippen LogP contribution >= 0.6 is 11.6 Å². The fourth-order valence-electron chi connectivity index (χ4n) is 6.03. The third-order valence-electron chi connectivity index (χ3n) is 8.05. The van der Waals surface area contributed by atoms with Gasteiger partial charge in [0.25, 0.3) is 0 Å². The lowest BCUT2D eigenvalue weighted by molar-refractivity contribution is -0.146. The second kappa shape index (κ2) is 10.7. The van der Waals surface area contributed by atoms with Gasteiger partial charge in [-0.2, -0.15) is 0 Å². The normalized spacial score (nSPS) is 25.1. The highest BCUT2D eigenvalue weighted by Crippen LogP contribution is 2.50. The number of methoxy groups -OCH3 is 1. The first-order chi connectivity index (χ1) is 17.1. The molecule has 0 spiro atoms. The number of likely N-dealkylation sites (tertiary alicyclic amines) is 1. The Labute approximate surface area is 220 Å². The summed E-state index contributed by atoms with van der Waals surface area (Å²) in [7, 11) is 1.62. The van der Waals surface area contributed by atoms with Gasteiger partial charge >= 0.3 is 5.97 Å². The SMILES string of the molecule is CCN1[C@H](C(=O)O)[C@@H](C(C)(C)C)[C@H](OCc2cc(C3CCC3)cnc2OC)[C@@H]1c1cc(Cl)ccc1C. The number of carboxylic acids is 1. The molecule has 2 aromatic rings. The minimum Gasteiger partial charge on any atom is -0.481 e. The smallest absolute Gasteiger partial charge is 0.321 e. The molecule has 2 aliphatic rings. The standard InChI is InChI=1S/C29H39ClN2O4/c1-7-32-24(22-14-21(30)12-11-17(22)2)26(23(29(3,4)5)25(32)28(33)34)36-16-20-13-19(18-9-8-10-18)15-31-27(20)35-6/h11-15,18,23-26H,7-10,16H2,1-6H3,(H,33,34)/t23-,24+,25+,26+/m1/s1. The van der Waals surface area contributed by atoms with Crippen molar-refractivity contribution in [1.29, 1.82) is 0 Å². The summed E-state index contributed by atoms with van der Waals surface area (Å²) in [6.45, 7) is 11.3. The summed E-state index contributed by atoms with van der Waals surface area (Å²) in [6, 6.07) is 7.07. The quantitative estimate of drug-likeness (QED) is 0.439. The van der Waals surface area contributed by atoms with Crippen molar-refractivity contribution in [2.24, 2.45) is 11.3 Å². The van der Waals surface area contributed by atoms with E-state index >= 15 is 0 Å². The second-order valence-corrected chi connectivity index (χ2v) is 11.7. The van der Waals surface area contributed by atoms with E-state index in [1.807, 2.05) is 38.2 Å². The minimum atomic E-state index is -0.821. The zero-order valence-corrected chi connectivity index (χ0v) is 23.0. The number of benzene rings is 1. The molecular weight excluding hydrogens is 476 g/mol. The number of carbonyl (C=O) groups is 1. The van der Waals surface area contributed by atoms with Crippen LogP contribution in [-0.2, 0) is 16.1 Å². The van der Waals surface area contributed by atoms with Gasteiger partial charge in [0.15, 0.2) is 0 Å². The molecule has 0 amide bonds. The Hall–Kier alpha value is -2.15. The zero-order valence-electron chi connectivity index (χ0n) is 22.3. The van der Waals surface area contributed by atoms with E-state index in [4.69, 9.17) is 21.1 Å². The summed E-state index contributed by atoms with van der Waals surface area (Å²) in [5, 5.41) is 11.0. The van der Waals surface area contributed by atoms with E-state index < -0.39 is 12.0 Å². The molecule has 2 fully saturated rings. The van der Waals surface area contributed by atoms with E-state index in [0.29, 0.717) is 30.0 Å². The molecule has 1 N–H and O–H groups in total. The summed E-state index contributed by atoms with van der Waals surface area (Å²) in [5.41, 5.74) is 3.90. The van der Waals surface area contributed by atoms with Crippen LogP contribution in [0.25, 0.3) is 0 Å². The van der Waals surface area contributed by atoms with Crippen molar-refractivity contribution in [1.82, 2.24) is 9.88 Å². The molecule has 7 heteroatoms. The second-order valence-electron chi connectivity index (χ2n) is 11.3. The highest BCUT2D eigenvalue weighted by Gasteiger charge is 2.56. The Balaban J connectivity index is 1.76. The number of aryl methyl sites for hydroxylation is 1. The van der Waals surface area contributed by atoms with Gasteiger partial charge in [0.1, 0.15) is 6.04 Å². The lowest BCUT2D eigenvalue weighted by Gasteiger charge is -2.35. The van der Waals surface area contributed by atoms with Gasteiger partial charge in [-0.05, 0) is 72.5 Å². The molecule has 0 bridgehead atoms. The molecule has 1 aromatic heterocycles. The number of pyridine rings is 1. The van der Waals surface area contributed by atoms with Crippen molar-refractivity contribution in [3.8, 4) is 5.88 Å². The van der Waals surface area contributed by atoms with E-state index in [9.17, 15) is 9.90 Å². The molecule has 0 unspecified atom stereocenters. The number of likely N-dealkylation sites (N-methyl/N-ethyl adjacent to an activating group) is 1. The molecule has 1 aromatic carbocycles. The number of aliphatic carboxylic acids is 1. The number of halogens is 1. The van der Waals surface area contributed by atoms with Crippen molar-refractivity contribution >= 4 is 17.6 Å². The first kappa shape index (κ1) is 26.9. The van der Waals surface area contributed by atoms with Gasteiger partial charge in [-0.25, -0.2) is 4.98 Å². The Kier molecular flexibility index (Phi) is 7.98. The van der Waals surface area contributed by atoms with Crippen LogP contribution in [0.3, 0.4) is 0 Å². The lowest BCUT2D eigenvalue weighted by Crippen LogP contribution is -2.44. The number of carboxylic acid groups (broad SMARTS) is 1. The van der Waals surface area contributed by atoms with Crippen LogP contribution in [0.1, 0.15) is 81.2 Å². The number of rotatable bonds is 8. The van der Waals surface area contributed by atoms with E-state index in [1.54, 1.807) is 7.11 Å². The maximum Gasteiger partial charge on any atom is 0.321 e. The largest absolute Gasteiger partial charge is 0.481 e. The van der Waals surface area contributed by atoms with Crippen molar-refractivity contribution in [2.45, 2.75) is 84.6 Å².